The van der Waals surface area contributed by atoms with Gasteiger partial charge in [-0.05, 0) is 48.7 Å². The first-order valence-corrected chi connectivity index (χ1v) is 6.65. The van der Waals surface area contributed by atoms with Crippen molar-refractivity contribution in [1.82, 2.24) is 0 Å². The fraction of sp³-hybridized carbons (Fsp3) is 0.200. The summed E-state index contributed by atoms with van der Waals surface area (Å²) in [7, 11) is 0. The average molecular weight is 279 g/mol. The van der Waals surface area contributed by atoms with Crippen molar-refractivity contribution in [3.8, 4) is 0 Å². The molecule has 0 spiro atoms. The van der Waals surface area contributed by atoms with Crippen LogP contribution < -0.4 is 5.32 Å². The van der Waals surface area contributed by atoms with Gasteiger partial charge in [0.15, 0.2) is 0 Å². The van der Waals surface area contributed by atoms with E-state index in [0.717, 1.165) is 35.7 Å². The molecule has 93 valence electrons. The molecule has 2 rings (SSSR count). The Morgan fingerprint density at radius 1 is 1.06 bits per heavy atom. The van der Waals surface area contributed by atoms with E-state index in [2.05, 4.69) is 11.4 Å². The minimum Gasteiger partial charge on any atom is -0.385 e. The maximum Gasteiger partial charge on any atom is 0.0452 e. The Kier molecular flexibility index (Phi) is 4.91. The fourth-order valence-corrected chi connectivity index (χ4v) is 2.24. The molecular formula is C15H14Cl2N. The molecule has 1 radical (unpaired) electrons. The van der Waals surface area contributed by atoms with Crippen LogP contribution in [0.25, 0.3) is 0 Å². The van der Waals surface area contributed by atoms with Crippen LogP contribution >= 0.6 is 23.2 Å². The lowest BCUT2D eigenvalue weighted by Crippen LogP contribution is -2.02. The summed E-state index contributed by atoms with van der Waals surface area (Å²) >= 11 is 12.0. The summed E-state index contributed by atoms with van der Waals surface area (Å²) in [5.74, 6) is 0. The first kappa shape index (κ1) is 13.3. The number of hydrogen-bond donors (Lipinski definition) is 1. The highest BCUT2D eigenvalue weighted by molar-refractivity contribution is 6.35. The van der Waals surface area contributed by atoms with Crippen LogP contribution in [0.1, 0.15) is 12.0 Å². The van der Waals surface area contributed by atoms with Crippen LogP contribution in [0.2, 0.25) is 10.0 Å². The Hall–Kier alpha value is -1.18. The van der Waals surface area contributed by atoms with Crippen molar-refractivity contribution in [3.63, 3.8) is 0 Å². The van der Waals surface area contributed by atoms with Gasteiger partial charge in [0.2, 0.25) is 0 Å². The minimum atomic E-state index is 0.683. The molecule has 0 aliphatic heterocycles. The van der Waals surface area contributed by atoms with Gasteiger partial charge in [-0.15, -0.1) is 0 Å². The number of aryl methyl sites for hydroxylation is 1. The van der Waals surface area contributed by atoms with E-state index in [-0.39, 0.29) is 0 Å². The Labute approximate surface area is 118 Å². The molecule has 2 aromatic rings. The Morgan fingerprint density at radius 3 is 2.56 bits per heavy atom. The summed E-state index contributed by atoms with van der Waals surface area (Å²) in [4.78, 5) is 0. The average Bonchev–Trinajstić information content (AvgIpc) is 2.38. The van der Waals surface area contributed by atoms with Crippen molar-refractivity contribution in [3.05, 3.63) is 64.1 Å². The molecule has 0 amide bonds. The second kappa shape index (κ2) is 6.67. The van der Waals surface area contributed by atoms with Crippen molar-refractivity contribution in [1.29, 1.82) is 0 Å². The Balaban J connectivity index is 1.79. The van der Waals surface area contributed by atoms with Crippen LogP contribution in [-0.2, 0) is 6.42 Å². The molecule has 0 aliphatic carbocycles. The highest BCUT2D eigenvalue weighted by Gasteiger charge is 2.00. The standard InChI is InChI=1S/C15H14Cl2N/c16-13-9-8-12(15(17)11-13)5-4-10-18-14-6-2-1-3-7-14/h2-3,6-9,11,18H,4-5,10H2. The molecule has 0 aliphatic rings. The van der Waals surface area contributed by atoms with E-state index >= 15 is 0 Å². The molecule has 0 aromatic heterocycles. The largest absolute Gasteiger partial charge is 0.385 e. The van der Waals surface area contributed by atoms with Gasteiger partial charge in [0, 0.05) is 22.3 Å². The number of halogens is 2. The van der Waals surface area contributed by atoms with Crippen LogP contribution in [0, 0.1) is 6.07 Å². The number of hydrogen-bond acceptors (Lipinski definition) is 1. The van der Waals surface area contributed by atoms with Gasteiger partial charge < -0.3 is 5.32 Å². The van der Waals surface area contributed by atoms with Gasteiger partial charge in [-0.2, -0.15) is 0 Å². The van der Waals surface area contributed by atoms with Crippen LogP contribution in [0.4, 0.5) is 5.69 Å². The van der Waals surface area contributed by atoms with Crippen molar-refractivity contribution < 1.29 is 0 Å². The Morgan fingerprint density at radius 2 is 1.83 bits per heavy atom. The van der Waals surface area contributed by atoms with E-state index in [0.29, 0.717) is 5.02 Å². The second-order valence-corrected chi connectivity index (χ2v) is 4.90. The topological polar surface area (TPSA) is 12.0 Å². The van der Waals surface area contributed by atoms with E-state index in [1.54, 1.807) is 6.07 Å². The summed E-state index contributed by atoms with van der Waals surface area (Å²) in [5.41, 5.74) is 2.26. The van der Waals surface area contributed by atoms with E-state index in [9.17, 15) is 0 Å². The molecule has 0 saturated heterocycles. The van der Waals surface area contributed by atoms with Gasteiger partial charge in [0.25, 0.3) is 0 Å². The first-order valence-electron chi connectivity index (χ1n) is 5.89. The SMILES string of the molecule is Clc1ccc(CCCNc2cc[c]cc2)c(Cl)c1. The summed E-state index contributed by atoms with van der Waals surface area (Å²) in [6.45, 7) is 0.920. The highest BCUT2D eigenvalue weighted by atomic mass is 35.5. The van der Waals surface area contributed by atoms with E-state index in [1.807, 2.05) is 36.4 Å². The molecule has 0 fully saturated rings. The molecule has 0 bridgehead atoms. The van der Waals surface area contributed by atoms with E-state index in [4.69, 9.17) is 23.2 Å². The lowest BCUT2D eigenvalue weighted by Gasteiger charge is -2.07. The van der Waals surface area contributed by atoms with Gasteiger partial charge in [-0.1, -0.05) is 41.4 Å². The van der Waals surface area contributed by atoms with Crippen molar-refractivity contribution in [2.24, 2.45) is 0 Å². The van der Waals surface area contributed by atoms with E-state index < -0.39 is 0 Å². The summed E-state index contributed by atoms with van der Waals surface area (Å²) < 4.78 is 0. The van der Waals surface area contributed by atoms with Crippen LogP contribution in [0.5, 0.6) is 0 Å². The van der Waals surface area contributed by atoms with Crippen molar-refractivity contribution >= 4 is 28.9 Å². The fourth-order valence-electron chi connectivity index (χ4n) is 1.74. The number of benzene rings is 2. The molecular weight excluding hydrogens is 265 g/mol. The molecule has 2 aromatic carbocycles. The third kappa shape index (κ3) is 3.94. The highest BCUT2D eigenvalue weighted by Crippen LogP contribution is 2.22. The van der Waals surface area contributed by atoms with Crippen molar-refractivity contribution in [2.45, 2.75) is 12.8 Å². The zero-order chi connectivity index (χ0) is 12.8. The Bertz CT molecular complexity index is 497. The molecule has 1 N–H and O–H groups in total. The monoisotopic (exact) mass is 278 g/mol. The van der Waals surface area contributed by atoms with E-state index in [1.165, 1.54) is 0 Å². The molecule has 0 unspecified atom stereocenters. The lowest BCUT2D eigenvalue weighted by molar-refractivity contribution is 0.863. The molecule has 0 saturated carbocycles. The maximum absolute atomic E-state index is 6.12. The summed E-state index contributed by atoms with van der Waals surface area (Å²) in [6, 6.07) is 16.5. The van der Waals surface area contributed by atoms with Crippen LogP contribution in [0.15, 0.2) is 42.5 Å². The minimum absolute atomic E-state index is 0.683. The van der Waals surface area contributed by atoms with Gasteiger partial charge >= 0.3 is 0 Å². The summed E-state index contributed by atoms with van der Waals surface area (Å²) in [6.07, 6.45) is 1.97. The van der Waals surface area contributed by atoms with Gasteiger partial charge in [-0.3, -0.25) is 0 Å². The van der Waals surface area contributed by atoms with Gasteiger partial charge in [0.05, 0.1) is 0 Å². The lowest BCUT2D eigenvalue weighted by atomic mass is 10.1. The zero-order valence-electron chi connectivity index (χ0n) is 9.92. The van der Waals surface area contributed by atoms with Crippen molar-refractivity contribution in [2.75, 3.05) is 11.9 Å². The zero-order valence-corrected chi connectivity index (χ0v) is 11.4. The maximum atomic E-state index is 6.12. The number of anilines is 1. The molecule has 0 atom stereocenters. The molecule has 1 nitrogen and oxygen atoms in total. The third-order valence-corrected chi connectivity index (χ3v) is 3.27. The molecule has 3 heteroatoms. The predicted octanol–water partition coefficient (Wildman–Crippen LogP) is 4.84. The predicted molar refractivity (Wildman–Crippen MR) is 78.6 cm³/mol. The van der Waals surface area contributed by atoms with Crippen LogP contribution in [-0.4, -0.2) is 6.54 Å². The molecule has 0 heterocycles. The smallest absolute Gasteiger partial charge is 0.0452 e. The quantitative estimate of drug-likeness (QED) is 0.772. The number of rotatable bonds is 5. The van der Waals surface area contributed by atoms with Gasteiger partial charge in [-0.25, -0.2) is 0 Å². The summed E-state index contributed by atoms with van der Waals surface area (Å²) in [5, 5.41) is 4.79. The second-order valence-electron chi connectivity index (χ2n) is 4.05. The van der Waals surface area contributed by atoms with Gasteiger partial charge in [0.1, 0.15) is 0 Å². The normalized spacial score (nSPS) is 10.3. The number of nitrogens with one attached hydrogen (secondary N) is 1. The molecule has 18 heavy (non-hydrogen) atoms. The van der Waals surface area contributed by atoms with Crippen LogP contribution in [0.3, 0.4) is 0 Å². The first-order chi connectivity index (χ1) is 8.75. The third-order valence-electron chi connectivity index (χ3n) is 2.69.